The normalized spacial score (nSPS) is 9.75. The second-order valence-electron chi connectivity index (χ2n) is 4.78. The van der Waals surface area contributed by atoms with E-state index in [-0.39, 0.29) is 15.7 Å². The number of carbonyl (C=O) groups excluding carboxylic acids is 2. The van der Waals surface area contributed by atoms with E-state index < -0.39 is 0 Å². The van der Waals surface area contributed by atoms with Gasteiger partial charge in [-0.3, -0.25) is 0 Å². The molecule has 0 atom stereocenters. The lowest BCUT2D eigenvalue weighted by Gasteiger charge is -2.04. The molecule has 0 saturated carbocycles. The van der Waals surface area contributed by atoms with Crippen LogP contribution in [-0.4, -0.2) is 26.2 Å². The summed E-state index contributed by atoms with van der Waals surface area (Å²) in [5.41, 5.74) is 3.22. The molecule has 0 fully saturated rings. The highest BCUT2D eigenvalue weighted by atomic mass is 79.9. The van der Waals surface area contributed by atoms with Crippen LogP contribution in [0.5, 0.6) is 0 Å². The predicted octanol–water partition coefficient (Wildman–Crippen LogP) is 5.04. The van der Waals surface area contributed by atoms with E-state index in [2.05, 4.69) is 41.3 Å². The van der Waals surface area contributed by atoms with Gasteiger partial charge in [0.05, 0.1) is 29.1 Å². The van der Waals surface area contributed by atoms with Gasteiger partial charge in [-0.25, -0.2) is 9.59 Å². The number of hydrogen-bond donors (Lipinski definition) is 0. The van der Waals surface area contributed by atoms with Crippen LogP contribution in [0, 0.1) is 6.92 Å². The monoisotopic (exact) mass is 456 g/mol. The molecule has 24 heavy (non-hydrogen) atoms. The molecule has 0 saturated heterocycles. The Morgan fingerprint density at radius 2 is 1.38 bits per heavy atom. The average Bonchev–Trinajstić information content (AvgIpc) is 2.61. The van der Waals surface area contributed by atoms with Crippen LogP contribution in [-0.2, 0) is 9.47 Å². The van der Waals surface area contributed by atoms with Gasteiger partial charge in [-0.05, 0) is 36.8 Å². The Morgan fingerprint density at radius 3 is 1.83 bits per heavy atom. The lowest BCUT2D eigenvalue weighted by Crippen LogP contribution is -2.01. The minimum Gasteiger partial charge on any atom is -0.465 e. The molecule has 0 aliphatic carbocycles. The molecule has 2 aromatic rings. The third-order valence-electron chi connectivity index (χ3n) is 3.00. The fourth-order valence-corrected chi connectivity index (χ4v) is 2.38. The van der Waals surface area contributed by atoms with Gasteiger partial charge in [0.1, 0.15) is 0 Å². The van der Waals surface area contributed by atoms with E-state index >= 15 is 0 Å². The Kier molecular flexibility index (Phi) is 8.71. The van der Waals surface area contributed by atoms with Gasteiger partial charge in [-0.15, -0.1) is 0 Å². The summed E-state index contributed by atoms with van der Waals surface area (Å²) in [5, 5.41) is 0. The summed E-state index contributed by atoms with van der Waals surface area (Å²) in [6.07, 6.45) is 0. The number of ether oxygens (including phenoxy) is 2. The van der Waals surface area contributed by atoms with Crippen molar-refractivity contribution in [3.8, 4) is 0 Å². The maximum atomic E-state index is 11.1. The largest absolute Gasteiger partial charge is 0.465 e. The molecule has 0 N–H and O–H groups in total. The van der Waals surface area contributed by atoms with Crippen LogP contribution < -0.4 is 0 Å². The number of alkyl halides is 2. The minimum absolute atomic E-state index is 0.0598. The van der Waals surface area contributed by atoms with Crippen molar-refractivity contribution in [1.82, 2.24) is 0 Å². The number of hydrogen-bond acceptors (Lipinski definition) is 4. The highest BCUT2D eigenvalue weighted by Gasteiger charge is 2.08. The number of methoxy groups -OCH3 is 2. The van der Waals surface area contributed by atoms with E-state index in [1.807, 2.05) is 31.2 Å². The maximum absolute atomic E-state index is 11.1. The third kappa shape index (κ3) is 6.45. The van der Waals surface area contributed by atoms with Gasteiger partial charge in [0, 0.05) is 0 Å². The van der Waals surface area contributed by atoms with Gasteiger partial charge in [0.25, 0.3) is 0 Å². The molecule has 0 aliphatic rings. The van der Waals surface area contributed by atoms with Gasteiger partial charge in [0.2, 0.25) is 0 Å². The first-order chi connectivity index (χ1) is 11.4. The first kappa shape index (κ1) is 20.4. The van der Waals surface area contributed by atoms with Gasteiger partial charge in [-0.1, -0.05) is 61.7 Å². The van der Waals surface area contributed by atoms with Crippen LogP contribution in [0.3, 0.4) is 0 Å². The Morgan fingerprint density at radius 1 is 0.875 bits per heavy atom. The summed E-state index contributed by atoms with van der Waals surface area (Å²) in [5.74, 6) is -0.601. The number of rotatable bonds is 3. The molecule has 2 rings (SSSR count). The van der Waals surface area contributed by atoms with Crippen molar-refractivity contribution in [3.05, 3.63) is 70.8 Å². The zero-order chi connectivity index (χ0) is 18.1. The Hall–Kier alpha value is -1.66. The van der Waals surface area contributed by atoms with E-state index in [0.29, 0.717) is 11.1 Å². The van der Waals surface area contributed by atoms with Crippen molar-refractivity contribution in [2.24, 2.45) is 0 Å². The van der Waals surface area contributed by atoms with Crippen molar-refractivity contribution in [3.63, 3.8) is 0 Å². The standard InChI is InChI=1S/C9H8Br2O2.C9H10O2/c1-13-9(12)7-4-2-3-6(5-7)8(10)11;1-7-4-3-5-8(6-7)9(10)11-2/h2-5,8H,1H3;3-6H,1-2H3. The second-order valence-corrected chi connectivity index (χ2v) is 7.84. The minimum atomic E-state index is -0.317. The third-order valence-corrected chi connectivity index (χ3v) is 4.06. The number of aryl methyl sites for hydroxylation is 1. The molecule has 0 heterocycles. The number of halogens is 2. The molecule has 0 aromatic heterocycles. The molecular weight excluding hydrogens is 440 g/mol. The van der Waals surface area contributed by atoms with Gasteiger partial charge < -0.3 is 9.47 Å². The molecule has 0 unspecified atom stereocenters. The summed E-state index contributed by atoms with van der Waals surface area (Å²) in [4.78, 5) is 22.1. The zero-order valence-corrected chi connectivity index (χ0v) is 16.8. The van der Waals surface area contributed by atoms with Crippen LogP contribution in [0.1, 0.15) is 35.6 Å². The molecule has 0 spiro atoms. The maximum Gasteiger partial charge on any atom is 0.337 e. The van der Waals surface area contributed by atoms with E-state index in [4.69, 9.17) is 0 Å². The highest BCUT2D eigenvalue weighted by Crippen LogP contribution is 2.29. The van der Waals surface area contributed by atoms with E-state index in [1.54, 1.807) is 24.3 Å². The molecule has 2 aromatic carbocycles. The van der Waals surface area contributed by atoms with E-state index in [0.717, 1.165) is 11.1 Å². The fourth-order valence-electron chi connectivity index (χ4n) is 1.81. The Bertz CT molecular complexity index is 699. The molecule has 6 heteroatoms. The zero-order valence-electron chi connectivity index (χ0n) is 13.6. The predicted molar refractivity (Wildman–Crippen MR) is 101 cm³/mol. The van der Waals surface area contributed by atoms with Gasteiger partial charge in [-0.2, -0.15) is 0 Å². The van der Waals surface area contributed by atoms with Crippen molar-refractivity contribution in [2.45, 2.75) is 10.7 Å². The summed E-state index contributed by atoms with van der Waals surface area (Å²) in [6, 6.07) is 14.5. The Labute approximate surface area is 158 Å². The van der Waals surface area contributed by atoms with Crippen LogP contribution in [0.4, 0.5) is 0 Å². The van der Waals surface area contributed by atoms with Crippen LogP contribution in [0.2, 0.25) is 0 Å². The lowest BCUT2D eigenvalue weighted by atomic mass is 10.1. The SMILES string of the molecule is COC(=O)c1cccc(C(Br)Br)c1.COC(=O)c1cccc(C)c1. The average molecular weight is 458 g/mol. The lowest BCUT2D eigenvalue weighted by molar-refractivity contribution is 0.0592. The van der Waals surface area contributed by atoms with Crippen molar-refractivity contribution >= 4 is 43.8 Å². The second kappa shape index (κ2) is 10.3. The first-order valence-corrected chi connectivity index (χ1v) is 8.83. The molecule has 4 nitrogen and oxygen atoms in total. The highest BCUT2D eigenvalue weighted by molar-refractivity contribution is 9.24. The molecule has 0 radical (unpaired) electrons. The summed E-state index contributed by atoms with van der Waals surface area (Å²) >= 11 is 6.70. The molecule has 0 amide bonds. The van der Waals surface area contributed by atoms with Crippen molar-refractivity contribution < 1.29 is 19.1 Å². The molecule has 128 valence electrons. The topological polar surface area (TPSA) is 52.6 Å². The first-order valence-electron chi connectivity index (χ1n) is 7.00. The number of carbonyl (C=O) groups is 2. The quantitative estimate of drug-likeness (QED) is 0.478. The van der Waals surface area contributed by atoms with Gasteiger partial charge >= 0.3 is 11.9 Å². The fraction of sp³-hybridized carbons (Fsp3) is 0.222. The smallest absolute Gasteiger partial charge is 0.337 e. The molecule has 0 aliphatic heterocycles. The van der Waals surface area contributed by atoms with Crippen molar-refractivity contribution in [2.75, 3.05) is 14.2 Å². The van der Waals surface area contributed by atoms with Gasteiger partial charge in [0.15, 0.2) is 0 Å². The molecular formula is C18H18Br2O4. The number of esters is 2. The summed E-state index contributed by atoms with van der Waals surface area (Å²) in [6.45, 7) is 1.94. The van der Waals surface area contributed by atoms with E-state index in [1.165, 1.54) is 14.2 Å². The summed E-state index contributed by atoms with van der Waals surface area (Å²) in [7, 11) is 2.75. The van der Waals surface area contributed by atoms with Crippen molar-refractivity contribution in [1.29, 1.82) is 0 Å². The Balaban J connectivity index is 0.000000243. The van der Waals surface area contributed by atoms with E-state index in [9.17, 15) is 9.59 Å². The summed E-state index contributed by atoms with van der Waals surface area (Å²) < 4.78 is 9.21. The molecule has 0 bridgehead atoms. The van der Waals surface area contributed by atoms with Crippen LogP contribution in [0.15, 0.2) is 48.5 Å². The van der Waals surface area contributed by atoms with Crippen LogP contribution >= 0.6 is 31.9 Å². The number of benzene rings is 2. The van der Waals surface area contributed by atoms with Crippen LogP contribution in [0.25, 0.3) is 0 Å².